The van der Waals surface area contributed by atoms with Crippen LogP contribution in [0.4, 0.5) is 11.4 Å². The highest BCUT2D eigenvalue weighted by molar-refractivity contribution is 6.37. The third-order valence-corrected chi connectivity index (χ3v) is 7.84. The van der Waals surface area contributed by atoms with E-state index < -0.39 is 5.97 Å². The molecule has 3 aromatic rings. The standard InChI is InChI=1S/C33H37N5O5/c1-21-18-24(10-11-25(21)31(39)36-43-17-16-38-14-12-37(3)13-15-38)34-30(23-8-6-5-7-9-23)29-27-19-22(2)26(33(41)42-4)20-28(27)35-32(29)40/h5-11,18-20,34H,12-17H2,1-4H3,(H,35,40)(H,36,39)/b30-29-. The summed E-state index contributed by atoms with van der Waals surface area (Å²) in [7, 11) is 3.45. The van der Waals surface area contributed by atoms with Gasteiger partial charge in [-0.25, -0.2) is 10.3 Å². The first-order valence-electron chi connectivity index (χ1n) is 14.3. The lowest BCUT2D eigenvalue weighted by atomic mass is 9.96. The van der Waals surface area contributed by atoms with Gasteiger partial charge in [0, 0.05) is 49.5 Å². The molecule has 1 fully saturated rings. The highest BCUT2D eigenvalue weighted by Gasteiger charge is 2.30. The van der Waals surface area contributed by atoms with E-state index in [1.54, 1.807) is 18.2 Å². The Morgan fingerprint density at radius 2 is 1.65 bits per heavy atom. The van der Waals surface area contributed by atoms with Gasteiger partial charge in [0.05, 0.1) is 36.2 Å². The van der Waals surface area contributed by atoms with Crippen molar-refractivity contribution in [3.63, 3.8) is 0 Å². The highest BCUT2D eigenvalue weighted by Crippen LogP contribution is 2.39. The maximum absolute atomic E-state index is 13.4. The molecule has 43 heavy (non-hydrogen) atoms. The summed E-state index contributed by atoms with van der Waals surface area (Å²) in [6, 6.07) is 18.4. The predicted octanol–water partition coefficient (Wildman–Crippen LogP) is 3.93. The first-order chi connectivity index (χ1) is 20.7. The van der Waals surface area contributed by atoms with E-state index in [4.69, 9.17) is 9.57 Å². The third-order valence-electron chi connectivity index (χ3n) is 7.84. The normalized spacial score (nSPS) is 16.3. The van der Waals surface area contributed by atoms with Crippen LogP contribution in [0.2, 0.25) is 0 Å². The molecule has 224 valence electrons. The van der Waals surface area contributed by atoms with E-state index in [1.165, 1.54) is 7.11 Å². The Morgan fingerprint density at radius 3 is 2.35 bits per heavy atom. The van der Waals surface area contributed by atoms with Crippen molar-refractivity contribution in [1.29, 1.82) is 0 Å². The zero-order chi connectivity index (χ0) is 30.5. The molecule has 0 unspecified atom stereocenters. The molecular formula is C33H37N5O5. The predicted molar refractivity (Wildman–Crippen MR) is 167 cm³/mol. The Kier molecular flexibility index (Phi) is 9.20. The number of hydrogen-bond acceptors (Lipinski definition) is 8. The number of hydroxylamine groups is 1. The number of anilines is 2. The molecule has 0 spiro atoms. The lowest BCUT2D eigenvalue weighted by Crippen LogP contribution is -2.45. The SMILES string of the molecule is COC(=O)c1cc2c(cc1C)/C(=C(/Nc1ccc(C(=O)NOCCN3CCN(C)CC3)c(C)c1)c1ccccc1)C(=O)N2. The lowest BCUT2D eigenvalue weighted by Gasteiger charge is -2.32. The minimum absolute atomic E-state index is 0.288. The molecule has 3 aromatic carbocycles. The van der Waals surface area contributed by atoms with Crippen molar-refractivity contribution >= 4 is 40.4 Å². The molecule has 10 nitrogen and oxygen atoms in total. The quantitative estimate of drug-likeness (QED) is 0.150. The van der Waals surface area contributed by atoms with Gasteiger partial charge in [-0.05, 0) is 67.9 Å². The number of rotatable bonds is 9. The van der Waals surface area contributed by atoms with E-state index in [0.29, 0.717) is 51.5 Å². The number of aryl methyl sites for hydroxylation is 2. The lowest BCUT2D eigenvalue weighted by molar-refractivity contribution is -0.110. The van der Waals surface area contributed by atoms with Crippen LogP contribution in [-0.2, 0) is 14.4 Å². The first kappa shape index (κ1) is 30.0. The largest absolute Gasteiger partial charge is 0.465 e. The third kappa shape index (κ3) is 6.77. The van der Waals surface area contributed by atoms with Gasteiger partial charge in [-0.15, -0.1) is 0 Å². The van der Waals surface area contributed by atoms with Crippen molar-refractivity contribution in [3.05, 3.63) is 94.0 Å². The van der Waals surface area contributed by atoms with Crippen LogP contribution in [0.15, 0.2) is 60.7 Å². The Labute approximate surface area is 251 Å². The maximum atomic E-state index is 13.4. The van der Waals surface area contributed by atoms with Gasteiger partial charge in [-0.3, -0.25) is 19.3 Å². The smallest absolute Gasteiger partial charge is 0.338 e. The Hall–Kier alpha value is -4.51. The number of fused-ring (bicyclic) bond motifs is 1. The van der Waals surface area contributed by atoms with Crippen LogP contribution in [0.3, 0.4) is 0 Å². The number of nitrogens with zero attached hydrogens (tertiary/aromatic N) is 2. The first-order valence-corrected chi connectivity index (χ1v) is 14.3. The van der Waals surface area contributed by atoms with E-state index in [0.717, 1.165) is 43.9 Å². The fourth-order valence-electron chi connectivity index (χ4n) is 5.35. The molecule has 2 aliphatic rings. The van der Waals surface area contributed by atoms with Gasteiger partial charge in [0.2, 0.25) is 0 Å². The number of esters is 1. The number of carbonyl (C=O) groups excluding carboxylic acids is 3. The molecule has 0 radical (unpaired) electrons. The van der Waals surface area contributed by atoms with Gasteiger partial charge < -0.3 is 20.3 Å². The van der Waals surface area contributed by atoms with Crippen molar-refractivity contribution in [2.75, 3.05) is 64.1 Å². The maximum Gasteiger partial charge on any atom is 0.338 e. The number of likely N-dealkylation sites (N-methyl/N-ethyl adjacent to an activating group) is 1. The van der Waals surface area contributed by atoms with Gasteiger partial charge in [0.15, 0.2) is 0 Å². The molecule has 2 aliphatic heterocycles. The summed E-state index contributed by atoms with van der Waals surface area (Å²) in [5.41, 5.74) is 8.69. The van der Waals surface area contributed by atoms with Gasteiger partial charge in [-0.1, -0.05) is 30.3 Å². The van der Waals surface area contributed by atoms with Crippen LogP contribution in [0.25, 0.3) is 11.3 Å². The van der Waals surface area contributed by atoms with E-state index in [-0.39, 0.29) is 11.8 Å². The van der Waals surface area contributed by atoms with Crippen molar-refractivity contribution < 1.29 is 24.0 Å². The number of methoxy groups -OCH3 is 1. The summed E-state index contributed by atoms with van der Waals surface area (Å²) >= 11 is 0. The van der Waals surface area contributed by atoms with Gasteiger partial charge in [0.25, 0.3) is 11.8 Å². The molecular weight excluding hydrogens is 546 g/mol. The summed E-state index contributed by atoms with van der Waals surface area (Å²) in [4.78, 5) is 48.6. The molecule has 2 amide bonds. The summed E-state index contributed by atoms with van der Waals surface area (Å²) in [6.07, 6.45) is 0. The monoisotopic (exact) mass is 583 g/mol. The Bertz CT molecular complexity index is 1560. The van der Waals surface area contributed by atoms with Crippen LogP contribution >= 0.6 is 0 Å². The van der Waals surface area contributed by atoms with E-state index in [2.05, 4.69) is 33.0 Å². The number of ether oxygens (including phenoxy) is 1. The van der Waals surface area contributed by atoms with E-state index in [1.807, 2.05) is 56.3 Å². The Balaban J connectivity index is 1.36. The highest BCUT2D eigenvalue weighted by atomic mass is 16.7. The zero-order valence-corrected chi connectivity index (χ0v) is 25.0. The number of benzene rings is 3. The molecule has 0 atom stereocenters. The summed E-state index contributed by atoms with van der Waals surface area (Å²) < 4.78 is 4.90. The minimum atomic E-state index is -0.464. The van der Waals surface area contributed by atoms with Crippen molar-refractivity contribution in [2.45, 2.75) is 13.8 Å². The fraction of sp³-hybridized carbons (Fsp3) is 0.303. The van der Waals surface area contributed by atoms with E-state index >= 15 is 0 Å². The van der Waals surface area contributed by atoms with Crippen molar-refractivity contribution in [1.82, 2.24) is 15.3 Å². The molecule has 1 saturated heterocycles. The second-order valence-electron chi connectivity index (χ2n) is 10.9. The fourth-order valence-corrected chi connectivity index (χ4v) is 5.35. The molecule has 10 heteroatoms. The summed E-state index contributed by atoms with van der Waals surface area (Å²) in [5, 5.41) is 6.33. The summed E-state index contributed by atoms with van der Waals surface area (Å²) in [6.45, 7) is 8.87. The van der Waals surface area contributed by atoms with Crippen LogP contribution in [0.1, 0.15) is 43.0 Å². The van der Waals surface area contributed by atoms with Crippen LogP contribution < -0.4 is 16.1 Å². The minimum Gasteiger partial charge on any atom is -0.465 e. The molecule has 3 N–H and O–H groups in total. The van der Waals surface area contributed by atoms with Gasteiger partial charge in [0.1, 0.15) is 0 Å². The van der Waals surface area contributed by atoms with Crippen LogP contribution in [0.5, 0.6) is 0 Å². The van der Waals surface area contributed by atoms with Crippen LogP contribution in [0, 0.1) is 13.8 Å². The van der Waals surface area contributed by atoms with Crippen molar-refractivity contribution in [3.8, 4) is 0 Å². The number of piperazine rings is 1. The van der Waals surface area contributed by atoms with Crippen LogP contribution in [-0.4, -0.2) is 81.1 Å². The van der Waals surface area contributed by atoms with Gasteiger partial charge in [-0.2, -0.15) is 0 Å². The van der Waals surface area contributed by atoms with Crippen molar-refractivity contribution in [2.24, 2.45) is 0 Å². The van der Waals surface area contributed by atoms with Gasteiger partial charge >= 0.3 is 5.97 Å². The summed E-state index contributed by atoms with van der Waals surface area (Å²) in [5.74, 6) is -1.07. The average Bonchev–Trinajstić information content (AvgIpc) is 3.32. The number of amides is 2. The molecule has 0 aromatic heterocycles. The number of nitrogens with one attached hydrogen (secondary N) is 3. The molecule has 2 heterocycles. The average molecular weight is 584 g/mol. The molecule has 5 rings (SSSR count). The second-order valence-corrected chi connectivity index (χ2v) is 10.9. The topological polar surface area (TPSA) is 112 Å². The number of carbonyl (C=O) groups is 3. The molecule has 0 aliphatic carbocycles. The van der Waals surface area contributed by atoms with E-state index in [9.17, 15) is 14.4 Å². The second kappa shape index (κ2) is 13.2. The molecule has 0 saturated carbocycles. The number of hydrogen-bond donors (Lipinski definition) is 3. The Morgan fingerprint density at radius 1 is 0.930 bits per heavy atom. The zero-order valence-electron chi connectivity index (χ0n) is 25.0. The molecule has 0 bridgehead atoms.